The number of benzene rings is 1. The molecule has 0 saturated heterocycles. The van der Waals surface area contributed by atoms with Crippen molar-refractivity contribution in [2.45, 2.75) is 59.0 Å². The molecule has 1 aromatic heterocycles. The second-order valence-electron chi connectivity index (χ2n) is 7.00. The average Bonchev–Trinajstić information content (AvgIpc) is 3.16. The number of fused-ring (bicyclic) bond motifs is 1. The summed E-state index contributed by atoms with van der Waals surface area (Å²) in [6, 6.07) is 6.84. The number of nitrogens with one attached hydrogen (secondary N) is 2. The zero-order chi connectivity index (χ0) is 22.3. The van der Waals surface area contributed by atoms with Gasteiger partial charge < -0.3 is 15.4 Å². The third-order valence-electron chi connectivity index (χ3n) is 5.09. The molecule has 0 radical (unpaired) electrons. The number of carbonyl (C=O) groups excluding carboxylic acids is 1. The Morgan fingerprint density at radius 1 is 1.40 bits per heavy atom. The van der Waals surface area contributed by atoms with Gasteiger partial charge in [0.15, 0.2) is 0 Å². The number of methoxy groups -OCH3 is 1. The molecule has 30 heavy (non-hydrogen) atoms. The Morgan fingerprint density at radius 3 is 2.77 bits per heavy atom. The van der Waals surface area contributed by atoms with Crippen molar-refractivity contribution in [3.8, 4) is 17.1 Å². The molecule has 0 spiro atoms. The molecule has 1 amide bonds. The summed E-state index contributed by atoms with van der Waals surface area (Å²) < 4.78 is 19.4. The van der Waals surface area contributed by atoms with Crippen molar-refractivity contribution in [3.05, 3.63) is 46.2 Å². The Balaban J connectivity index is 0.00000155. The number of aryl methyl sites for hydroxylation is 1. The van der Waals surface area contributed by atoms with Crippen LogP contribution in [-0.4, -0.2) is 30.6 Å². The van der Waals surface area contributed by atoms with Gasteiger partial charge in [-0.2, -0.15) is 0 Å². The number of hydrogen-bond acceptors (Lipinski definition) is 4. The van der Waals surface area contributed by atoms with Gasteiger partial charge in [-0.25, -0.2) is 9.37 Å². The van der Waals surface area contributed by atoms with E-state index in [9.17, 15) is 9.18 Å². The third-order valence-corrected chi connectivity index (χ3v) is 5.48. The van der Waals surface area contributed by atoms with E-state index in [1.807, 2.05) is 26.8 Å². The fourth-order valence-corrected chi connectivity index (χ4v) is 3.90. The molecule has 1 heterocycles. The Morgan fingerprint density at radius 2 is 2.13 bits per heavy atom. The Labute approximate surface area is 183 Å². The maximum Gasteiger partial charge on any atom is 0.218 e. The summed E-state index contributed by atoms with van der Waals surface area (Å²) in [7, 11) is 1.58. The molecular weight excluding hydrogens is 405 g/mol. The van der Waals surface area contributed by atoms with E-state index >= 15 is 0 Å². The van der Waals surface area contributed by atoms with E-state index in [1.54, 1.807) is 19.2 Å². The van der Waals surface area contributed by atoms with Crippen LogP contribution in [0.15, 0.2) is 24.3 Å². The van der Waals surface area contributed by atoms with Crippen molar-refractivity contribution in [1.29, 1.82) is 0 Å². The van der Waals surface area contributed by atoms with Gasteiger partial charge in [-0.05, 0) is 37.0 Å². The lowest BCUT2D eigenvalue weighted by molar-refractivity contribution is -0.119. The van der Waals surface area contributed by atoms with Crippen LogP contribution in [0.2, 0.25) is 5.02 Å². The lowest BCUT2D eigenvalue weighted by Crippen LogP contribution is -2.41. The van der Waals surface area contributed by atoms with Crippen molar-refractivity contribution in [2.24, 2.45) is 0 Å². The normalized spacial score (nSPS) is 15.6. The molecule has 0 saturated carbocycles. The second kappa shape index (κ2) is 11.3. The van der Waals surface area contributed by atoms with E-state index in [4.69, 9.17) is 16.3 Å². The first-order valence-corrected chi connectivity index (χ1v) is 10.8. The van der Waals surface area contributed by atoms with Gasteiger partial charge in [0.05, 0.1) is 17.8 Å². The van der Waals surface area contributed by atoms with Gasteiger partial charge in [0.25, 0.3) is 0 Å². The van der Waals surface area contributed by atoms with Crippen LogP contribution in [-0.2, 0) is 11.2 Å². The Kier molecular flexibility index (Phi) is 9.06. The summed E-state index contributed by atoms with van der Waals surface area (Å²) in [5, 5.41) is 6.54. The summed E-state index contributed by atoms with van der Waals surface area (Å²) in [6.07, 6.45) is 2.62. The molecule has 2 unspecified atom stereocenters. The van der Waals surface area contributed by atoms with E-state index in [0.29, 0.717) is 23.7 Å². The third kappa shape index (κ3) is 5.49. The maximum atomic E-state index is 13.9. The molecular formula is C23H31ClFN3O2. The number of ether oxygens (including phenoxy) is 1. The van der Waals surface area contributed by atoms with Crippen molar-refractivity contribution in [2.75, 3.05) is 13.7 Å². The van der Waals surface area contributed by atoms with E-state index in [0.717, 1.165) is 30.4 Å². The van der Waals surface area contributed by atoms with E-state index < -0.39 is 5.82 Å². The minimum absolute atomic E-state index is 0.0312. The van der Waals surface area contributed by atoms with Gasteiger partial charge in [-0.1, -0.05) is 44.5 Å². The number of nitrogens with zero attached hydrogens (tertiary/aromatic N) is 1. The van der Waals surface area contributed by atoms with Crippen LogP contribution in [0.3, 0.4) is 0 Å². The minimum Gasteiger partial charge on any atom is -0.481 e. The first-order valence-electron chi connectivity index (χ1n) is 10.5. The highest BCUT2D eigenvalue weighted by atomic mass is 35.5. The SMILES string of the molecule is CC.CCC(CNC1CCc2cc(-c3cccc(F)c3Cl)nc(OC)c21)NC(C)=O. The first kappa shape index (κ1) is 24.1. The predicted molar refractivity (Wildman–Crippen MR) is 120 cm³/mol. The molecule has 0 fully saturated rings. The summed E-state index contributed by atoms with van der Waals surface area (Å²) in [6.45, 7) is 8.24. The molecule has 0 bridgehead atoms. The first-order chi connectivity index (χ1) is 14.4. The van der Waals surface area contributed by atoms with Crippen LogP contribution in [0.4, 0.5) is 4.39 Å². The zero-order valence-electron chi connectivity index (χ0n) is 18.3. The minimum atomic E-state index is -0.469. The molecule has 164 valence electrons. The molecule has 1 aromatic carbocycles. The van der Waals surface area contributed by atoms with Crippen LogP contribution in [0, 0.1) is 5.82 Å². The highest BCUT2D eigenvalue weighted by Crippen LogP contribution is 2.40. The monoisotopic (exact) mass is 435 g/mol. The number of aromatic nitrogens is 1. The molecule has 7 heteroatoms. The predicted octanol–water partition coefficient (Wildman–Crippen LogP) is 5.07. The van der Waals surface area contributed by atoms with Gasteiger partial charge in [-0.3, -0.25) is 4.79 Å². The number of hydrogen-bond donors (Lipinski definition) is 2. The second-order valence-corrected chi connectivity index (χ2v) is 7.37. The number of rotatable bonds is 7. The number of pyridine rings is 1. The maximum absolute atomic E-state index is 13.9. The van der Waals surface area contributed by atoms with Gasteiger partial charge in [0.2, 0.25) is 11.8 Å². The molecule has 2 N–H and O–H groups in total. The fourth-order valence-electron chi connectivity index (χ4n) is 3.67. The van der Waals surface area contributed by atoms with Crippen molar-refractivity contribution in [3.63, 3.8) is 0 Å². The molecule has 0 aliphatic heterocycles. The lowest BCUT2D eigenvalue weighted by atomic mass is 10.0. The van der Waals surface area contributed by atoms with Crippen LogP contribution in [0.25, 0.3) is 11.3 Å². The molecule has 2 aromatic rings. The summed E-state index contributed by atoms with van der Waals surface area (Å²) in [5.74, 6) is 0.0234. The average molecular weight is 436 g/mol. The molecule has 5 nitrogen and oxygen atoms in total. The van der Waals surface area contributed by atoms with Crippen LogP contribution in [0.5, 0.6) is 5.88 Å². The van der Waals surface area contributed by atoms with Gasteiger partial charge in [0.1, 0.15) is 5.82 Å². The Hall–Kier alpha value is -2.18. The molecule has 1 aliphatic carbocycles. The summed E-state index contributed by atoms with van der Waals surface area (Å²) >= 11 is 6.14. The van der Waals surface area contributed by atoms with Gasteiger partial charge in [-0.15, -0.1) is 0 Å². The Bertz CT molecular complexity index is 876. The van der Waals surface area contributed by atoms with Crippen molar-refractivity contribution in [1.82, 2.24) is 15.6 Å². The van der Waals surface area contributed by atoms with Gasteiger partial charge >= 0.3 is 0 Å². The lowest BCUT2D eigenvalue weighted by Gasteiger charge is -2.21. The van der Waals surface area contributed by atoms with Crippen molar-refractivity contribution >= 4 is 17.5 Å². The smallest absolute Gasteiger partial charge is 0.218 e. The van der Waals surface area contributed by atoms with E-state index in [1.165, 1.54) is 13.0 Å². The molecule has 2 atom stereocenters. The molecule has 1 aliphatic rings. The van der Waals surface area contributed by atoms with E-state index in [-0.39, 0.29) is 23.0 Å². The summed E-state index contributed by atoms with van der Waals surface area (Å²) in [4.78, 5) is 15.9. The van der Waals surface area contributed by atoms with Gasteiger partial charge in [0, 0.05) is 36.7 Å². The number of halogens is 2. The van der Waals surface area contributed by atoms with Crippen LogP contribution in [0.1, 0.15) is 57.7 Å². The topological polar surface area (TPSA) is 63.3 Å². The number of carbonyl (C=O) groups is 1. The van der Waals surface area contributed by atoms with Crippen LogP contribution >= 0.6 is 11.6 Å². The zero-order valence-corrected chi connectivity index (χ0v) is 19.1. The van der Waals surface area contributed by atoms with E-state index in [2.05, 4.69) is 15.6 Å². The largest absolute Gasteiger partial charge is 0.481 e. The quantitative estimate of drug-likeness (QED) is 0.637. The fraction of sp³-hybridized carbons (Fsp3) is 0.478. The highest BCUT2D eigenvalue weighted by molar-refractivity contribution is 6.33. The summed E-state index contributed by atoms with van der Waals surface area (Å²) in [5.41, 5.74) is 3.30. The number of amides is 1. The molecule has 3 rings (SSSR count). The highest BCUT2D eigenvalue weighted by Gasteiger charge is 2.29. The van der Waals surface area contributed by atoms with Crippen molar-refractivity contribution < 1.29 is 13.9 Å². The van der Waals surface area contributed by atoms with Crippen LogP contribution < -0.4 is 15.4 Å². The standard InChI is InChI=1S/C21H25ClFN3O2.C2H6/c1-4-14(25-12(2)27)11-24-17-9-8-13-10-18(26-21(28-3)19(13)17)15-6-5-7-16(23)20(15)22;1-2/h5-7,10,14,17,24H,4,8-9,11H2,1-3H3,(H,25,27);1-2H3.